The average Bonchev–Trinajstić information content (AvgIpc) is 3.17. The maximum absolute atomic E-state index is 12.2. The summed E-state index contributed by atoms with van der Waals surface area (Å²) in [6.45, 7) is 0.587. The third kappa shape index (κ3) is 4.23. The van der Waals surface area contributed by atoms with E-state index in [0.29, 0.717) is 16.0 Å². The lowest BCUT2D eigenvalue weighted by Crippen LogP contribution is -2.12. The predicted octanol–water partition coefficient (Wildman–Crippen LogP) is 4.27. The number of anilines is 2. The van der Waals surface area contributed by atoms with E-state index >= 15 is 0 Å². The number of sulfonamides is 1. The first-order chi connectivity index (χ1) is 11.0. The van der Waals surface area contributed by atoms with Gasteiger partial charge in [0.15, 0.2) is 4.47 Å². The molecule has 0 radical (unpaired) electrons. The van der Waals surface area contributed by atoms with Crippen LogP contribution in [-0.4, -0.2) is 13.4 Å². The largest absolute Gasteiger partial charge is 0.380 e. The molecule has 0 atom stereocenters. The van der Waals surface area contributed by atoms with Crippen LogP contribution >= 0.6 is 34.3 Å². The summed E-state index contributed by atoms with van der Waals surface area (Å²) in [6.07, 6.45) is 1.71. The van der Waals surface area contributed by atoms with Crippen molar-refractivity contribution < 1.29 is 8.42 Å². The number of nitrogens with one attached hydrogen (secondary N) is 2. The van der Waals surface area contributed by atoms with E-state index in [-0.39, 0.29) is 4.90 Å². The molecule has 2 heterocycles. The highest BCUT2D eigenvalue weighted by molar-refractivity contribution is 7.93. The lowest BCUT2D eigenvalue weighted by molar-refractivity contribution is 0.601. The van der Waals surface area contributed by atoms with Crippen molar-refractivity contribution in [3.05, 3.63) is 57.3 Å². The fraction of sp³-hybridized carbons (Fsp3) is 0.0714. The van der Waals surface area contributed by atoms with Gasteiger partial charge in [-0.3, -0.25) is 4.72 Å². The Bertz CT molecular complexity index is 874. The average molecular weight is 386 g/mol. The summed E-state index contributed by atoms with van der Waals surface area (Å²) in [4.78, 5) is 5.19. The number of hydrogen-bond donors (Lipinski definition) is 2. The van der Waals surface area contributed by atoms with E-state index in [0.717, 1.165) is 10.6 Å². The smallest absolute Gasteiger partial charge is 0.262 e. The Balaban J connectivity index is 1.66. The van der Waals surface area contributed by atoms with Crippen molar-refractivity contribution in [1.82, 2.24) is 4.98 Å². The highest BCUT2D eigenvalue weighted by Crippen LogP contribution is 2.22. The number of halogens is 1. The number of thiazole rings is 1. The van der Waals surface area contributed by atoms with Gasteiger partial charge in [0.05, 0.1) is 11.4 Å². The second-order valence-corrected chi connectivity index (χ2v) is 8.87. The van der Waals surface area contributed by atoms with Crippen LogP contribution in [0.1, 0.15) is 4.88 Å². The van der Waals surface area contributed by atoms with Crippen LogP contribution in [0.2, 0.25) is 4.47 Å². The zero-order valence-electron chi connectivity index (χ0n) is 11.7. The van der Waals surface area contributed by atoms with Crippen molar-refractivity contribution in [1.29, 1.82) is 0 Å². The van der Waals surface area contributed by atoms with Gasteiger partial charge < -0.3 is 5.32 Å². The Labute approximate surface area is 147 Å². The molecule has 23 heavy (non-hydrogen) atoms. The second kappa shape index (κ2) is 6.88. The predicted molar refractivity (Wildman–Crippen MR) is 96.0 cm³/mol. The molecule has 3 rings (SSSR count). The van der Waals surface area contributed by atoms with Crippen LogP contribution in [0.5, 0.6) is 0 Å². The second-order valence-electron chi connectivity index (χ2n) is 4.54. The van der Waals surface area contributed by atoms with E-state index < -0.39 is 10.0 Å². The number of hydrogen-bond acceptors (Lipinski definition) is 6. The van der Waals surface area contributed by atoms with Gasteiger partial charge in [0.25, 0.3) is 10.0 Å². The standard InChI is InChI=1S/C14H12ClN3O2S3/c15-14-17-9-11(22-14)8-16-10-3-5-12(6-4-10)23(19,20)18-13-2-1-7-21-13/h1-7,9,16,18H,8H2. The summed E-state index contributed by atoms with van der Waals surface area (Å²) < 4.78 is 27.5. The summed E-state index contributed by atoms with van der Waals surface area (Å²) >= 11 is 8.52. The molecule has 0 bridgehead atoms. The van der Waals surface area contributed by atoms with E-state index in [1.54, 1.807) is 42.6 Å². The Morgan fingerprint density at radius 3 is 2.57 bits per heavy atom. The van der Waals surface area contributed by atoms with E-state index in [1.807, 2.05) is 5.38 Å². The molecule has 0 amide bonds. The lowest BCUT2D eigenvalue weighted by Gasteiger charge is -2.08. The number of nitrogens with zero attached hydrogens (tertiary/aromatic N) is 1. The van der Waals surface area contributed by atoms with Crippen LogP contribution < -0.4 is 10.0 Å². The van der Waals surface area contributed by atoms with Crippen molar-refractivity contribution in [3.63, 3.8) is 0 Å². The summed E-state index contributed by atoms with van der Waals surface area (Å²) in [6, 6.07) is 10.1. The molecule has 0 unspecified atom stereocenters. The number of rotatable bonds is 6. The quantitative estimate of drug-likeness (QED) is 0.664. The van der Waals surface area contributed by atoms with E-state index in [1.165, 1.54) is 22.7 Å². The Hall–Kier alpha value is -1.61. The minimum Gasteiger partial charge on any atom is -0.380 e. The minimum atomic E-state index is -3.56. The zero-order chi connectivity index (χ0) is 16.3. The first-order valence-electron chi connectivity index (χ1n) is 6.53. The van der Waals surface area contributed by atoms with Crippen LogP contribution in [0.4, 0.5) is 10.7 Å². The number of benzene rings is 1. The normalized spacial score (nSPS) is 11.3. The van der Waals surface area contributed by atoms with E-state index in [4.69, 9.17) is 11.6 Å². The highest BCUT2D eigenvalue weighted by Gasteiger charge is 2.14. The summed E-state index contributed by atoms with van der Waals surface area (Å²) in [5, 5.41) is 5.61. The molecule has 0 saturated heterocycles. The minimum absolute atomic E-state index is 0.220. The van der Waals surface area contributed by atoms with Gasteiger partial charge in [-0.05, 0) is 41.8 Å². The van der Waals surface area contributed by atoms with Crippen molar-refractivity contribution >= 4 is 55.0 Å². The molecular weight excluding hydrogens is 374 g/mol. The summed E-state index contributed by atoms with van der Waals surface area (Å²) in [5.41, 5.74) is 0.824. The molecule has 9 heteroatoms. The molecular formula is C14H12ClN3O2S3. The molecule has 1 aromatic carbocycles. The summed E-state index contributed by atoms with van der Waals surface area (Å²) in [5.74, 6) is 0. The van der Waals surface area contributed by atoms with Gasteiger partial charge in [-0.2, -0.15) is 0 Å². The van der Waals surface area contributed by atoms with Crippen LogP contribution in [0.25, 0.3) is 0 Å². The van der Waals surface area contributed by atoms with Crippen molar-refractivity contribution in [2.24, 2.45) is 0 Å². The number of aromatic nitrogens is 1. The first-order valence-corrected chi connectivity index (χ1v) is 10.1. The molecule has 2 aromatic heterocycles. The van der Waals surface area contributed by atoms with Crippen LogP contribution in [0, 0.1) is 0 Å². The van der Waals surface area contributed by atoms with Gasteiger partial charge >= 0.3 is 0 Å². The molecule has 5 nitrogen and oxygen atoms in total. The third-order valence-corrected chi connectivity index (χ3v) is 6.32. The highest BCUT2D eigenvalue weighted by atomic mass is 35.5. The zero-order valence-corrected chi connectivity index (χ0v) is 14.9. The van der Waals surface area contributed by atoms with Gasteiger partial charge in [0, 0.05) is 16.8 Å². The lowest BCUT2D eigenvalue weighted by atomic mass is 10.3. The summed E-state index contributed by atoms with van der Waals surface area (Å²) in [7, 11) is -3.56. The number of thiophene rings is 1. The fourth-order valence-corrected chi connectivity index (χ4v) is 4.68. The van der Waals surface area contributed by atoms with Gasteiger partial charge in [-0.1, -0.05) is 11.6 Å². The van der Waals surface area contributed by atoms with Gasteiger partial charge in [0.1, 0.15) is 5.00 Å². The molecule has 2 N–H and O–H groups in total. The van der Waals surface area contributed by atoms with Crippen LogP contribution in [-0.2, 0) is 16.6 Å². The topological polar surface area (TPSA) is 71.1 Å². The molecule has 3 aromatic rings. The van der Waals surface area contributed by atoms with E-state index in [2.05, 4.69) is 15.0 Å². The Kier molecular flexibility index (Phi) is 4.86. The maximum atomic E-state index is 12.2. The van der Waals surface area contributed by atoms with Crippen molar-refractivity contribution in [2.45, 2.75) is 11.4 Å². The monoisotopic (exact) mass is 385 g/mol. The van der Waals surface area contributed by atoms with Gasteiger partial charge in [-0.15, -0.1) is 22.7 Å². The fourth-order valence-electron chi connectivity index (χ4n) is 1.83. The third-order valence-electron chi connectivity index (χ3n) is 2.91. The van der Waals surface area contributed by atoms with E-state index in [9.17, 15) is 8.42 Å². The van der Waals surface area contributed by atoms with Crippen LogP contribution in [0.15, 0.2) is 52.9 Å². The maximum Gasteiger partial charge on any atom is 0.262 e. The SMILES string of the molecule is O=S(=O)(Nc1cccs1)c1ccc(NCc2cnc(Cl)s2)cc1. The van der Waals surface area contributed by atoms with Gasteiger partial charge in [0.2, 0.25) is 0 Å². The van der Waals surface area contributed by atoms with Crippen molar-refractivity contribution in [2.75, 3.05) is 10.0 Å². The molecule has 0 aliphatic carbocycles. The molecule has 120 valence electrons. The molecule has 0 saturated carbocycles. The molecule has 0 spiro atoms. The molecule has 0 aliphatic heterocycles. The first kappa shape index (κ1) is 16.3. The molecule has 0 fully saturated rings. The Morgan fingerprint density at radius 2 is 1.96 bits per heavy atom. The molecule has 0 aliphatic rings. The Morgan fingerprint density at radius 1 is 1.17 bits per heavy atom. The van der Waals surface area contributed by atoms with Crippen LogP contribution in [0.3, 0.4) is 0 Å². The van der Waals surface area contributed by atoms with Gasteiger partial charge in [-0.25, -0.2) is 13.4 Å². The van der Waals surface area contributed by atoms with Crippen molar-refractivity contribution in [3.8, 4) is 0 Å².